The first-order chi connectivity index (χ1) is 9.43. The molecule has 0 spiro atoms. The van der Waals surface area contributed by atoms with Crippen molar-refractivity contribution < 1.29 is 0 Å². The summed E-state index contributed by atoms with van der Waals surface area (Å²) >= 11 is 0. The molecule has 2 heteroatoms. The summed E-state index contributed by atoms with van der Waals surface area (Å²) in [5.74, 6) is 0. The first-order valence-electron chi connectivity index (χ1n) is 6.93. The van der Waals surface area contributed by atoms with E-state index in [4.69, 9.17) is 0 Å². The topological polar surface area (TPSA) is 17.3 Å². The molecule has 0 saturated heterocycles. The number of nitrogens with zero attached hydrogens (tertiary/aromatic N) is 2. The summed E-state index contributed by atoms with van der Waals surface area (Å²) in [4.78, 5) is 4.55. The molecule has 0 atom stereocenters. The van der Waals surface area contributed by atoms with Gasteiger partial charge in [-0.3, -0.25) is 0 Å². The molecule has 19 heavy (non-hydrogen) atoms. The van der Waals surface area contributed by atoms with Crippen molar-refractivity contribution in [1.29, 1.82) is 0 Å². The van der Waals surface area contributed by atoms with Gasteiger partial charge < -0.3 is 4.40 Å². The van der Waals surface area contributed by atoms with Crippen molar-refractivity contribution in [2.75, 3.05) is 0 Å². The van der Waals surface area contributed by atoms with Crippen LogP contribution in [0, 0.1) is 0 Å². The molecule has 0 radical (unpaired) electrons. The van der Waals surface area contributed by atoms with Gasteiger partial charge in [0.05, 0.1) is 5.69 Å². The van der Waals surface area contributed by atoms with Crippen molar-refractivity contribution in [1.82, 2.24) is 9.38 Å². The molecule has 0 fully saturated rings. The summed E-state index contributed by atoms with van der Waals surface area (Å²) in [5, 5.41) is 0. The average molecular weight is 254 g/mol. The Morgan fingerprint density at radius 1 is 0.789 bits per heavy atom. The van der Waals surface area contributed by atoms with Crippen molar-refractivity contribution in [3.8, 4) is 11.3 Å². The molecule has 3 aromatic rings. The van der Waals surface area contributed by atoms with E-state index in [0.29, 0.717) is 0 Å². The van der Waals surface area contributed by atoms with Crippen LogP contribution >= 0.6 is 0 Å². The van der Waals surface area contributed by atoms with Gasteiger partial charge in [-0.25, -0.2) is 4.98 Å². The van der Waals surface area contributed by atoms with Crippen LogP contribution in [0.2, 0.25) is 0 Å². The second kappa shape index (κ2) is 8.09. The molecule has 0 saturated carbocycles. The Bertz CT molecular complexity index is 549. The van der Waals surface area contributed by atoms with Gasteiger partial charge in [0.15, 0.2) is 0 Å². The van der Waals surface area contributed by atoms with Crippen molar-refractivity contribution >= 4 is 5.65 Å². The number of aromatic nitrogens is 2. The normalized spacial score (nSPS) is 9.05. The summed E-state index contributed by atoms with van der Waals surface area (Å²) in [6, 6.07) is 16.2. The van der Waals surface area contributed by atoms with Crippen LogP contribution < -0.4 is 0 Å². The Labute approximate surface area is 115 Å². The highest BCUT2D eigenvalue weighted by atomic mass is 15.0. The number of imidazole rings is 1. The summed E-state index contributed by atoms with van der Waals surface area (Å²) in [7, 11) is 0. The lowest BCUT2D eigenvalue weighted by molar-refractivity contribution is 1.19. The highest BCUT2D eigenvalue weighted by Gasteiger charge is 2.01. The van der Waals surface area contributed by atoms with Gasteiger partial charge in [0.1, 0.15) is 5.65 Å². The van der Waals surface area contributed by atoms with E-state index in [9.17, 15) is 0 Å². The molecule has 2 aromatic heterocycles. The van der Waals surface area contributed by atoms with E-state index >= 15 is 0 Å². The summed E-state index contributed by atoms with van der Waals surface area (Å²) < 4.78 is 2.03. The Hall–Kier alpha value is -2.09. The molecule has 2 nitrogen and oxygen atoms in total. The molecule has 0 aliphatic rings. The maximum atomic E-state index is 4.55. The third-order valence-electron chi connectivity index (χ3n) is 2.43. The van der Waals surface area contributed by atoms with E-state index in [2.05, 4.69) is 17.1 Å². The van der Waals surface area contributed by atoms with Gasteiger partial charge in [-0.15, -0.1) is 0 Å². The zero-order chi connectivity index (χ0) is 14.1. The highest BCUT2D eigenvalue weighted by Crippen LogP contribution is 2.17. The van der Waals surface area contributed by atoms with E-state index < -0.39 is 0 Å². The van der Waals surface area contributed by atoms with E-state index in [1.807, 2.05) is 80.9 Å². The third kappa shape index (κ3) is 3.68. The van der Waals surface area contributed by atoms with Gasteiger partial charge in [0.25, 0.3) is 0 Å². The maximum Gasteiger partial charge on any atom is 0.137 e. The zero-order valence-corrected chi connectivity index (χ0v) is 12.2. The standard InChI is InChI=1S/C13H10N2.2C2H6/c1-2-6-11(7-3-1)12-10-15-9-5-4-8-13(15)14-12;2*1-2/h1-10H;2*1-2H3. The average Bonchev–Trinajstić information content (AvgIpc) is 2.96. The van der Waals surface area contributed by atoms with Crippen LogP contribution in [0.15, 0.2) is 60.9 Å². The molecule has 0 unspecified atom stereocenters. The van der Waals surface area contributed by atoms with Gasteiger partial charge in [-0.2, -0.15) is 0 Å². The van der Waals surface area contributed by atoms with Gasteiger partial charge in [-0.05, 0) is 12.1 Å². The maximum absolute atomic E-state index is 4.55. The molecule has 0 aliphatic heterocycles. The second-order valence-electron chi connectivity index (χ2n) is 3.46. The van der Waals surface area contributed by atoms with Crippen molar-refractivity contribution in [2.24, 2.45) is 0 Å². The molecule has 0 aliphatic carbocycles. The molecule has 0 bridgehead atoms. The first-order valence-corrected chi connectivity index (χ1v) is 6.93. The van der Waals surface area contributed by atoms with Gasteiger partial charge in [0, 0.05) is 18.0 Å². The predicted molar refractivity (Wildman–Crippen MR) is 83.3 cm³/mol. The molecule has 0 amide bonds. The minimum Gasteiger partial charge on any atom is -0.306 e. The molecule has 0 N–H and O–H groups in total. The quantitative estimate of drug-likeness (QED) is 0.593. The Kier molecular flexibility index (Phi) is 6.37. The molecule has 2 heterocycles. The monoisotopic (exact) mass is 254 g/mol. The van der Waals surface area contributed by atoms with Crippen molar-refractivity contribution in [2.45, 2.75) is 27.7 Å². The molecular formula is C17H22N2. The fourth-order valence-electron chi connectivity index (χ4n) is 1.68. The minimum atomic E-state index is 0.983. The predicted octanol–water partition coefficient (Wildman–Crippen LogP) is 5.05. The van der Waals surface area contributed by atoms with Crippen LogP contribution in [0.4, 0.5) is 0 Å². The van der Waals surface area contributed by atoms with Gasteiger partial charge in [-0.1, -0.05) is 64.1 Å². The summed E-state index contributed by atoms with van der Waals surface area (Å²) in [5.41, 5.74) is 3.15. The molecule has 1 aromatic carbocycles. The second-order valence-corrected chi connectivity index (χ2v) is 3.46. The van der Waals surface area contributed by atoms with E-state index in [0.717, 1.165) is 16.9 Å². The first kappa shape index (κ1) is 15.0. The van der Waals surface area contributed by atoms with Crippen LogP contribution in [-0.2, 0) is 0 Å². The Balaban J connectivity index is 0.000000415. The molecular weight excluding hydrogens is 232 g/mol. The van der Waals surface area contributed by atoms with Crippen LogP contribution in [-0.4, -0.2) is 9.38 Å². The number of pyridine rings is 1. The number of fused-ring (bicyclic) bond motifs is 1. The lowest BCUT2D eigenvalue weighted by Crippen LogP contribution is -1.77. The minimum absolute atomic E-state index is 0.983. The number of hydrogen-bond donors (Lipinski definition) is 0. The van der Waals surface area contributed by atoms with Crippen LogP contribution in [0.25, 0.3) is 16.9 Å². The molecule has 100 valence electrons. The van der Waals surface area contributed by atoms with E-state index in [-0.39, 0.29) is 0 Å². The number of rotatable bonds is 1. The highest BCUT2D eigenvalue weighted by molar-refractivity contribution is 5.62. The third-order valence-corrected chi connectivity index (χ3v) is 2.43. The fraction of sp³-hybridized carbons (Fsp3) is 0.235. The Morgan fingerprint density at radius 3 is 2.05 bits per heavy atom. The zero-order valence-electron chi connectivity index (χ0n) is 12.2. The van der Waals surface area contributed by atoms with Crippen LogP contribution in [0.5, 0.6) is 0 Å². The lowest BCUT2D eigenvalue weighted by atomic mass is 10.2. The summed E-state index contributed by atoms with van der Waals surface area (Å²) in [6.45, 7) is 8.00. The van der Waals surface area contributed by atoms with E-state index in [1.54, 1.807) is 0 Å². The SMILES string of the molecule is CC.CC.c1ccc(-c2cn3ccccc3n2)cc1. The Morgan fingerprint density at radius 2 is 1.42 bits per heavy atom. The van der Waals surface area contributed by atoms with E-state index in [1.165, 1.54) is 0 Å². The summed E-state index contributed by atoms with van der Waals surface area (Å²) in [6.07, 6.45) is 4.06. The molecule has 3 rings (SSSR count). The van der Waals surface area contributed by atoms with Gasteiger partial charge >= 0.3 is 0 Å². The fourth-order valence-corrected chi connectivity index (χ4v) is 1.68. The number of hydrogen-bond acceptors (Lipinski definition) is 1. The van der Waals surface area contributed by atoms with Crippen LogP contribution in [0.3, 0.4) is 0 Å². The van der Waals surface area contributed by atoms with Crippen LogP contribution in [0.1, 0.15) is 27.7 Å². The largest absolute Gasteiger partial charge is 0.306 e. The van der Waals surface area contributed by atoms with Crippen molar-refractivity contribution in [3.05, 3.63) is 60.9 Å². The number of benzene rings is 1. The lowest BCUT2D eigenvalue weighted by Gasteiger charge is -1.92. The smallest absolute Gasteiger partial charge is 0.137 e. The van der Waals surface area contributed by atoms with Crippen molar-refractivity contribution in [3.63, 3.8) is 0 Å². The van der Waals surface area contributed by atoms with Gasteiger partial charge in [0.2, 0.25) is 0 Å².